The van der Waals surface area contributed by atoms with Gasteiger partial charge in [0, 0.05) is 13.2 Å². The second-order valence-electron chi connectivity index (χ2n) is 5.88. The number of hydrogen-bond acceptors (Lipinski definition) is 2. The number of hydrogen-bond donors (Lipinski definition) is 1. The second-order valence-corrected chi connectivity index (χ2v) is 5.88. The Bertz CT molecular complexity index is 332. The quantitative estimate of drug-likeness (QED) is 0.691. The van der Waals surface area contributed by atoms with E-state index in [1.807, 2.05) is 0 Å². The molecule has 0 aliphatic carbocycles. The van der Waals surface area contributed by atoms with Gasteiger partial charge in [-0.15, -0.1) is 0 Å². The highest BCUT2D eigenvalue weighted by Gasteiger charge is 2.08. The summed E-state index contributed by atoms with van der Waals surface area (Å²) < 4.78 is 5.68. The summed E-state index contributed by atoms with van der Waals surface area (Å²) in [7, 11) is 0. The molecule has 1 aromatic carbocycles. The first-order valence-corrected chi connectivity index (χ1v) is 7.45. The summed E-state index contributed by atoms with van der Waals surface area (Å²) >= 11 is 0. The largest absolute Gasteiger partial charge is 0.381 e. The van der Waals surface area contributed by atoms with Crippen molar-refractivity contribution in [3.8, 4) is 0 Å². The smallest absolute Gasteiger partial charge is 0.0469 e. The zero-order valence-corrected chi connectivity index (χ0v) is 12.7. The maximum Gasteiger partial charge on any atom is 0.0469 e. The minimum absolute atomic E-state index is 0.529. The number of benzene rings is 1. The molecule has 0 heterocycles. The summed E-state index contributed by atoms with van der Waals surface area (Å²) in [5.41, 5.74) is 8.55. The van der Waals surface area contributed by atoms with Gasteiger partial charge in [-0.05, 0) is 50.1 Å². The van der Waals surface area contributed by atoms with Crippen molar-refractivity contribution < 1.29 is 4.74 Å². The lowest BCUT2D eigenvalue weighted by Gasteiger charge is -2.15. The average Bonchev–Trinajstić information content (AvgIpc) is 2.39. The van der Waals surface area contributed by atoms with Gasteiger partial charge in [-0.3, -0.25) is 0 Å². The number of rotatable bonds is 9. The summed E-state index contributed by atoms with van der Waals surface area (Å²) in [5.74, 6) is 1.25. The van der Waals surface area contributed by atoms with Gasteiger partial charge in [0.1, 0.15) is 0 Å². The summed E-state index contributed by atoms with van der Waals surface area (Å²) in [6.07, 6.45) is 3.26. The van der Waals surface area contributed by atoms with Gasteiger partial charge in [0.2, 0.25) is 0 Å². The van der Waals surface area contributed by atoms with E-state index in [1.54, 1.807) is 0 Å². The Hall–Kier alpha value is -0.860. The van der Waals surface area contributed by atoms with Crippen LogP contribution >= 0.6 is 0 Å². The molecule has 1 aromatic rings. The van der Waals surface area contributed by atoms with Crippen molar-refractivity contribution in [1.82, 2.24) is 0 Å². The molecule has 108 valence electrons. The van der Waals surface area contributed by atoms with E-state index >= 15 is 0 Å². The van der Waals surface area contributed by atoms with Crippen molar-refractivity contribution in [1.29, 1.82) is 0 Å². The van der Waals surface area contributed by atoms with Gasteiger partial charge in [-0.2, -0.15) is 0 Å². The Balaban J connectivity index is 2.24. The fourth-order valence-corrected chi connectivity index (χ4v) is 2.03. The molecule has 1 atom stereocenters. The van der Waals surface area contributed by atoms with Crippen molar-refractivity contribution in [3.63, 3.8) is 0 Å². The van der Waals surface area contributed by atoms with Crippen LogP contribution in [0.3, 0.4) is 0 Å². The van der Waals surface area contributed by atoms with Crippen molar-refractivity contribution in [2.45, 2.75) is 40.0 Å². The first-order valence-electron chi connectivity index (χ1n) is 7.45. The molecule has 0 fully saturated rings. The van der Waals surface area contributed by atoms with E-state index in [2.05, 4.69) is 45.0 Å². The second kappa shape index (κ2) is 9.11. The van der Waals surface area contributed by atoms with Gasteiger partial charge in [0.15, 0.2) is 0 Å². The van der Waals surface area contributed by atoms with Crippen LogP contribution in [-0.2, 0) is 11.2 Å². The van der Waals surface area contributed by atoms with Crippen LogP contribution in [0.5, 0.6) is 0 Å². The maximum absolute atomic E-state index is 5.86. The van der Waals surface area contributed by atoms with Crippen LogP contribution in [0.4, 0.5) is 0 Å². The fraction of sp³-hybridized carbons (Fsp3) is 0.647. The van der Waals surface area contributed by atoms with E-state index in [-0.39, 0.29) is 0 Å². The van der Waals surface area contributed by atoms with E-state index in [0.29, 0.717) is 5.92 Å². The van der Waals surface area contributed by atoms with Crippen LogP contribution in [0.2, 0.25) is 0 Å². The average molecular weight is 263 g/mol. The molecule has 0 saturated heterocycles. The lowest BCUT2D eigenvalue weighted by Crippen LogP contribution is -2.19. The lowest BCUT2D eigenvalue weighted by atomic mass is 9.96. The molecule has 19 heavy (non-hydrogen) atoms. The van der Waals surface area contributed by atoms with Crippen LogP contribution in [0, 0.1) is 18.8 Å². The van der Waals surface area contributed by atoms with E-state index in [9.17, 15) is 0 Å². The third-order valence-electron chi connectivity index (χ3n) is 3.49. The molecule has 0 aromatic heterocycles. The third kappa shape index (κ3) is 7.34. The first-order chi connectivity index (χ1) is 9.11. The van der Waals surface area contributed by atoms with E-state index < -0.39 is 0 Å². The van der Waals surface area contributed by atoms with Crippen molar-refractivity contribution in [3.05, 3.63) is 35.4 Å². The number of nitrogens with two attached hydrogens (primary N) is 1. The van der Waals surface area contributed by atoms with Gasteiger partial charge in [0.05, 0.1) is 0 Å². The monoisotopic (exact) mass is 263 g/mol. The van der Waals surface area contributed by atoms with Crippen LogP contribution in [-0.4, -0.2) is 19.8 Å². The molecule has 0 aliphatic rings. The number of ether oxygens (including phenoxy) is 1. The standard InChI is InChI=1S/C17H29NO/c1-14(2)8-10-19-11-9-17(13-18)12-16-6-4-15(3)5-7-16/h4-7,14,17H,8-13,18H2,1-3H3. The first kappa shape index (κ1) is 16.2. The molecule has 0 amide bonds. The van der Waals surface area contributed by atoms with E-state index in [1.165, 1.54) is 11.1 Å². The van der Waals surface area contributed by atoms with Crippen LogP contribution < -0.4 is 5.73 Å². The Morgan fingerprint density at radius 1 is 1.05 bits per heavy atom. The number of aryl methyl sites for hydroxylation is 1. The van der Waals surface area contributed by atoms with Gasteiger partial charge in [-0.25, -0.2) is 0 Å². The molecule has 0 saturated carbocycles. The van der Waals surface area contributed by atoms with E-state index in [0.717, 1.165) is 44.9 Å². The van der Waals surface area contributed by atoms with E-state index in [4.69, 9.17) is 10.5 Å². The molecule has 1 unspecified atom stereocenters. The highest BCUT2D eigenvalue weighted by Crippen LogP contribution is 2.13. The van der Waals surface area contributed by atoms with Gasteiger partial charge < -0.3 is 10.5 Å². The maximum atomic E-state index is 5.86. The molecule has 2 heteroatoms. The van der Waals surface area contributed by atoms with Crippen molar-refractivity contribution in [2.75, 3.05) is 19.8 Å². The highest BCUT2D eigenvalue weighted by molar-refractivity contribution is 5.21. The fourth-order valence-electron chi connectivity index (χ4n) is 2.03. The van der Waals surface area contributed by atoms with Crippen LogP contribution in [0.15, 0.2) is 24.3 Å². The highest BCUT2D eigenvalue weighted by atomic mass is 16.5. The topological polar surface area (TPSA) is 35.2 Å². The molecular formula is C17H29NO. The van der Waals surface area contributed by atoms with Gasteiger partial charge in [0.25, 0.3) is 0 Å². The van der Waals surface area contributed by atoms with Crippen LogP contribution in [0.25, 0.3) is 0 Å². The Kier molecular flexibility index (Phi) is 7.76. The Morgan fingerprint density at radius 3 is 2.26 bits per heavy atom. The van der Waals surface area contributed by atoms with Gasteiger partial charge >= 0.3 is 0 Å². The lowest BCUT2D eigenvalue weighted by molar-refractivity contribution is 0.111. The van der Waals surface area contributed by atoms with Crippen molar-refractivity contribution in [2.24, 2.45) is 17.6 Å². The molecule has 0 bridgehead atoms. The summed E-state index contributed by atoms with van der Waals surface area (Å²) in [6.45, 7) is 9.01. The molecule has 0 spiro atoms. The summed E-state index contributed by atoms with van der Waals surface area (Å²) in [4.78, 5) is 0. The van der Waals surface area contributed by atoms with Crippen LogP contribution in [0.1, 0.15) is 37.8 Å². The molecular weight excluding hydrogens is 234 g/mol. The normalized spacial score (nSPS) is 12.9. The minimum atomic E-state index is 0.529. The SMILES string of the molecule is Cc1ccc(CC(CN)CCOCCC(C)C)cc1. The molecule has 1 rings (SSSR count). The summed E-state index contributed by atoms with van der Waals surface area (Å²) in [6, 6.07) is 8.75. The predicted octanol–water partition coefficient (Wildman–Crippen LogP) is 3.57. The van der Waals surface area contributed by atoms with Gasteiger partial charge in [-0.1, -0.05) is 43.7 Å². The Labute approximate surface area is 118 Å². The molecule has 2 N–H and O–H groups in total. The molecule has 0 radical (unpaired) electrons. The zero-order chi connectivity index (χ0) is 14.1. The zero-order valence-electron chi connectivity index (χ0n) is 12.7. The summed E-state index contributed by atoms with van der Waals surface area (Å²) in [5, 5.41) is 0. The predicted molar refractivity (Wildman–Crippen MR) is 82.3 cm³/mol. The Morgan fingerprint density at radius 2 is 1.68 bits per heavy atom. The minimum Gasteiger partial charge on any atom is -0.381 e. The third-order valence-corrected chi connectivity index (χ3v) is 3.49. The molecule has 2 nitrogen and oxygen atoms in total. The van der Waals surface area contributed by atoms with Crippen molar-refractivity contribution >= 4 is 0 Å². The molecule has 0 aliphatic heterocycles.